The van der Waals surface area contributed by atoms with Crippen LogP contribution in [0.25, 0.3) is 16.8 Å². The first-order chi connectivity index (χ1) is 11.9. The molecule has 0 N–H and O–H groups in total. The van der Waals surface area contributed by atoms with E-state index in [4.69, 9.17) is 4.74 Å². The van der Waals surface area contributed by atoms with E-state index in [-0.39, 0.29) is 22.5 Å². The predicted molar refractivity (Wildman–Crippen MR) is 97.3 cm³/mol. The minimum Gasteiger partial charge on any atom is -0.457 e. The van der Waals surface area contributed by atoms with Crippen molar-refractivity contribution >= 4 is 28.5 Å². The molecule has 0 aliphatic heterocycles. The number of nitro benzene ring substituents is 1. The van der Waals surface area contributed by atoms with Crippen molar-refractivity contribution < 1.29 is 14.5 Å². The van der Waals surface area contributed by atoms with Crippen LogP contribution >= 0.6 is 0 Å². The third-order valence-corrected chi connectivity index (χ3v) is 4.58. The van der Waals surface area contributed by atoms with Gasteiger partial charge in [0.2, 0.25) is 0 Å². The summed E-state index contributed by atoms with van der Waals surface area (Å²) in [7, 11) is 0. The molecule has 0 fully saturated rings. The van der Waals surface area contributed by atoms with Crippen LogP contribution in [0.15, 0.2) is 30.3 Å². The highest BCUT2D eigenvalue weighted by Gasteiger charge is 2.31. The average Bonchev–Trinajstić information content (AvgIpc) is 2.60. The Hall–Kier alpha value is -2.69. The third kappa shape index (κ3) is 3.02. The van der Waals surface area contributed by atoms with E-state index in [1.54, 1.807) is 20.8 Å². The number of allylic oxidation sites excluding steroid dienone is 1. The van der Waals surface area contributed by atoms with E-state index in [0.29, 0.717) is 11.1 Å². The van der Waals surface area contributed by atoms with Crippen LogP contribution in [0.1, 0.15) is 50.0 Å². The van der Waals surface area contributed by atoms with Crippen molar-refractivity contribution in [3.05, 3.63) is 57.1 Å². The van der Waals surface area contributed by atoms with Crippen molar-refractivity contribution in [2.24, 2.45) is 5.92 Å². The lowest BCUT2D eigenvalue weighted by Crippen LogP contribution is -2.16. The maximum atomic E-state index is 12.0. The number of fused-ring (bicyclic) bond motifs is 3. The van der Waals surface area contributed by atoms with Gasteiger partial charge in [0.15, 0.2) is 0 Å². The van der Waals surface area contributed by atoms with Crippen LogP contribution in [-0.4, -0.2) is 10.9 Å². The summed E-state index contributed by atoms with van der Waals surface area (Å²) < 4.78 is 5.52. The molecule has 0 aromatic heterocycles. The van der Waals surface area contributed by atoms with Crippen LogP contribution in [-0.2, 0) is 16.0 Å². The molecule has 0 spiro atoms. The van der Waals surface area contributed by atoms with Crippen LogP contribution in [0.4, 0.5) is 5.69 Å². The van der Waals surface area contributed by atoms with Crippen molar-refractivity contribution in [1.82, 2.24) is 0 Å². The van der Waals surface area contributed by atoms with Crippen molar-refractivity contribution in [3.8, 4) is 0 Å². The summed E-state index contributed by atoms with van der Waals surface area (Å²) in [5.74, 6) is -0.649. The van der Waals surface area contributed by atoms with Gasteiger partial charge < -0.3 is 4.74 Å². The maximum absolute atomic E-state index is 12.0. The summed E-state index contributed by atoms with van der Waals surface area (Å²) in [5.41, 5.74) is 2.15. The SMILES string of the molecule is CC(C)C(=O)OC(C)c1c([N+](=O)[O-])c2c(c3ccccc13)CCC=C2. The second-order valence-electron chi connectivity index (χ2n) is 6.63. The second kappa shape index (κ2) is 6.67. The number of nitro groups is 1. The van der Waals surface area contributed by atoms with Crippen molar-refractivity contribution in [2.45, 2.75) is 39.7 Å². The number of aryl methyl sites for hydroxylation is 1. The van der Waals surface area contributed by atoms with Crippen LogP contribution in [0, 0.1) is 16.0 Å². The van der Waals surface area contributed by atoms with E-state index < -0.39 is 6.10 Å². The Kier molecular flexibility index (Phi) is 4.57. The van der Waals surface area contributed by atoms with Gasteiger partial charge in [0.25, 0.3) is 5.69 Å². The predicted octanol–water partition coefficient (Wildman–Crippen LogP) is 4.97. The molecule has 0 bridgehead atoms. The molecule has 0 saturated carbocycles. The molecule has 1 atom stereocenters. The normalized spacial score (nSPS) is 14.4. The zero-order chi connectivity index (χ0) is 18.1. The number of hydrogen-bond acceptors (Lipinski definition) is 4. The summed E-state index contributed by atoms with van der Waals surface area (Å²) in [6.45, 7) is 5.20. The van der Waals surface area contributed by atoms with Gasteiger partial charge >= 0.3 is 5.97 Å². The molecule has 1 unspecified atom stereocenters. The van der Waals surface area contributed by atoms with E-state index in [0.717, 1.165) is 29.2 Å². The molecule has 2 aromatic carbocycles. The maximum Gasteiger partial charge on any atom is 0.308 e. The van der Waals surface area contributed by atoms with Gasteiger partial charge in [-0.25, -0.2) is 0 Å². The Morgan fingerprint density at radius 1 is 1.20 bits per heavy atom. The van der Waals surface area contributed by atoms with E-state index >= 15 is 0 Å². The number of ether oxygens (including phenoxy) is 1. The minimum absolute atomic E-state index is 0.0497. The Bertz CT molecular complexity index is 883. The summed E-state index contributed by atoms with van der Waals surface area (Å²) in [5, 5.41) is 13.7. The monoisotopic (exact) mass is 339 g/mol. The van der Waals surface area contributed by atoms with E-state index in [9.17, 15) is 14.9 Å². The van der Waals surface area contributed by atoms with E-state index in [2.05, 4.69) is 0 Å². The number of rotatable bonds is 4. The number of benzene rings is 2. The third-order valence-electron chi connectivity index (χ3n) is 4.58. The molecular formula is C20H21NO4. The number of nitrogens with zero attached hydrogens (tertiary/aromatic N) is 1. The highest BCUT2D eigenvalue weighted by Crippen LogP contribution is 2.42. The van der Waals surface area contributed by atoms with Gasteiger partial charge in [-0.3, -0.25) is 14.9 Å². The number of carbonyl (C=O) groups is 1. The quantitative estimate of drug-likeness (QED) is 0.448. The molecule has 5 heteroatoms. The molecule has 5 nitrogen and oxygen atoms in total. The van der Waals surface area contributed by atoms with Crippen molar-refractivity contribution in [2.75, 3.05) is 0 Å². The highest BCUT2D eigenvalue weighted by atomic mass is 16.6. The van der Waals surface area contributed by atoms with Crippen LogP contribution in [0.3, 0.4) is 0 Å². The Morgan fingerprint density at radius 3 is 2.52 bits per heavy atom. The largest absolute Gasteiger partial charge is 0.457 e. The van der Waals surface area contributed by atoms with Crippen molar-refractivity contribution in [1.29, 1.82) is 0 Å². The zero-order valence-electron chi connectivity index (χ0n) is 14.6. The van der Waals surface area contributed by atoms with Gasteiger partial charge in [0.1, 0.15) is 6.10 Å². The summed E-state index contributed by atoms with van der Waals surface area (Å²) in [6, 6.07) is 7.65. The molecular weight excluding hydrogens is 318 g/mol. The molecule has 0 radical (unpaired) electrons. The van der Waals surface area contributed by atoms with Crippen molar-refractivity contribution in [3.63, 3.8) is 0 Å². The zero-order valence-corrected chi connectivity index (χ0v) is 14.6. The molecule has 1 aliphatic rings. The number of carbonyl (C=O) groups excluding carboxylic acids is 1. The molecule has 25 heavy (non-hydrogen) atoms. The van der Waals surface area contributed by atoms with E-state index in [1.165, 1.54) is 0 Å². The molecule has 1 aliphatic carbocycles. The van der Waals surface area contributed by atoms with Gasteiger partial charge in [0, 0.05) is 0 Å². The first-order valence-electron chi connectivity index (χ1n) is 8.50. The lowest BCUT2D eigenvalue weighted by molar-refractivity contribution is -0.386. The number of esters is 1. The molecule has 130 valence electrons. The number of hydrogen-bond donors (Lipinski definition) is 0. The van der Waals surface area contributed by atoms with Crippen LogP contribution in [0.5, 0.6) is 0 Å². The van der Waals surface area contributed by atoms with Crippen LogP contribution in [0.2, 0.25) is 0 Å². The first-order valence-corrected chi connectivity index (χ1v) is 8.50. The fraction of sp³-hybridized carbons (Fsp3) is 0.350. The lowest BCUT2D eigenvalue weighted by Gasteiger charge is -2.22. The highest BCUT2D eigenvalue weighted by molar-refractivity contribution is 5.97. The van der Waals surface area contributed by atoms with Gasteiger partial charge in [0.05, 0.1) is 22.0 Å². The Morgan fingerprint density at radius 2 is 1.88 bits per heavy atom. The summed E-state index contributed by atoms with van der Waals surface area (Å²) in [6.07, 6.45) is 4.72. The lowest BCUT2D eigenvalue weighted by atomic mass is 9.86. The Balaban J connectivity index is 2.30. The first kappa shape index (κ1) is 17.1. The Labute approximate surface area is 146 Å². The minimum atomic E-state index is -0.694. The van der Waals surface area contributed by atoms with E-state index in [1.807, 2.05) is 36.4 Å². The van der Waals surface area contributed by atoms with Gasteiger partial charge in [-0.15, -0.1) is 0 Å². The smallest absolute Gasteiger partial charge is 0.308 e. The van der Waals surface area contributed by atoms with Gasteiger partial charge in [-0.2, -0.15) is 0 Å². The second-order valence-corrected chi connectivity index (χ2v) is 6.63. The van der Waals surface area contributed by atoms with Gasteiger partial charge in [-0.1, -0.05) is 50.3 Å². The molecule has 0 heterocycles. The average molecular weight is 339 g/mol. The molecule has 0 saturated heterocycles. The standard InChI is InChI=1S/C20H21NO4/c1-12(2)20(22)25-13(3)18-16-10-6-4-8-14(16)15-9-5-7-11-17(15)19(18)21(23)24/h4,6-8,10-13H,5,9H2,1-3H3. The molecule has 0 amide bonds. The summed E-state index contributed by atoms with van der Waals surface area (Å²) in [4.78, 5) is 23.6. The van der Waals surface area contributed by atoms with Crippen LogP contribution < -0.4 is 0 Å². The fourth-order valence-corrected chi connectivity index (χ4v) is 3.40. The topological polar surface area (TPSA) is 69.4 Å². The van der Waals surface area contributed by atoms with Gasteiger partial charge in [-0.05, 0) is 36.1 Å². The molecule has 3 rings (SSSR count). The fourth-order valence-electron chi connectivity index (χ4n) is 3.40. The summed E-state index contributed by atoms with van der Waals surface area (Å²) >= 11 is 0. The molecule has 2 aromatic rings.